The molecule has 0 saturated heterocycles. The zero-order valence-corrected chi connectivity index (χ0v) is 14.7. The van der Waals surface area contributed by atoms with Crippen LogP contribution < -0.4 is 10.6 Å². The minimum absolute atomic E-state index is 0.325. The van der Waals surface area contributed by atoms with Crippen molar-refractivity contribution in [2.24, 2.45) is 0 Å². The first-order chi connectivity index (χ1) is 10.3. The molecule has 0 aliphatic carbocycles. The molecule has 0 saturated carbocycles. The molecule has 0 rings (SSSR count). The lowest BCUT2D eigenvalue weighted by Gasteiger charge is -2.26. The fraction of sp³-hybridized carbons (Fsp3) is 0.571. The Morgan fingerprint density at radius 1 is 0.913 bits per heavy atom. The predicted octanol–water partition coefficient (Wildman–Crippen LogP) is 0.426. The Balaban J connectivity index is 4.55. The number of carbonyl (C=O) groups excluding carboxylic acids is 2. The summed E-state index contributed by atoms with van der Waals surface area (Å²) in [5, 5.41) is 5.03. The van der Waals surface area contributed by atoms with Gasteiger partial charge in [0, 0.05) is 0 Å². The molecule has 8 nitrogen and oxygen atoms in total. The van der Waals surface area contributed by atoms with E-state index in [2.05, 4.69) is 23.8 Å². The molecule has 0 aliphatic rings. The fourth-order valence-electron chi connectivity index (χ4n) is 1.31. The van der Waals surface area contributed by atoms with E-state index in [0.717, 1.165) is 12.2 Å². The van der Waals surface area contributed by atoms with Crippen molar-refractivity contribution < 1.29 is 26.4 Å². The maximum absolute atomic E-state index is 11.7. The Morgan fingerprint density at radius 3 is 1.48 bits per heavy atom. The summed E-state index contributed by atoms with van der Waals surface area (Å²) in [5.74, 6) is -0.907. The van der Waals surface area contributed by atoms with Gasteiger partial charge in [-0.25, -0.2) is 8.37 Å². The second-order valence-corrected chi connectivity index (χ2v) is 7.38. The van der Waals surface area contributed by atoms with Crippen LogP contribution in [0.4, 0.5) is 0 Å². The summed E-state index contributed by atoms with van der Waals surface area (Å²) in [6, 6.07) is 0. The van der Waals surface area contributed by atoms with Crippen LogP contribution in [-0.4, -0.2) is 44.5 Å². The van der Waals surface area contributed by atoms with Gasteiger partial charge in [-0.1, -0.05) is 13.2 Å². The van der Waals surface area contributed by atoms with Crippen LogP contribution in [0.25, 0.3) is 0 Å². The standard InChI is InChI=1S/C14H24N2O6S/c1-7-11(17)15-13(3,4)9-21-23(19,20)22-10-14(5,6)16-12(18)8-2/h7-8H,1-2,9-10H2,3-6H3,(H,15,17)(H,16,18). The van der Waals surface area contributed by atoms with E-state index < -0.39 is 33.3 Å². The lowest BCUT2D eigenvalue weighted by Crippen LogP contribution is -2.48. The molecule has 0 heterocycles. The van der Waals surface area contributed by atoms with E-state index in [4.69, 9.17) is 8.37 Å². The molecule has 0 fully saturated rings. The van der Waals surface area contributed by atoms with Crippen LogP contribution in [0, 0.1) is 0 Å². The first kappa shape index (κ1) is 21.3. The first-order valence-corrected chi connectivity index (χ1v) is 8.09. The Hall–Kier alpha value is -1.71. The van der Waals surface area contributed by atoms with Gasteiger partial charge in [-0.3, -0.25) is 9.59 Å². The molecule has 0 bridgehead atoms. The molecule has 2 N–H and O–H groups in total. The number of rotatable bonds is 10. The summed E-state index contributed by atoms with van der Waals surface area (Å²) in [6.45, 7) is 12.3. The van der Waals surface area contributed by atoms with Gasteiger partial charge in [0.2, 0.25) is 11.8 Å². The topological polar surface area (TPSA) is 111 Å². The van der Waals surface area contributed by atoms with Gasteiger partial charge >= 0.3 is 10.4 Å². The van der Waals surface area contributed by atoms with E-state index in [1.165, 1.54) is 0 Å². The van der Waals surface area contributed by atoms with Crippen LogP contribution in [0.3, 0.4) is 0 Å². The second kappa shape index (κ2) is 8.23. The predicted molar refractivity (Wildman–Crippen MR) is 85.7 cm³/mol. The van der Waals surface area contributed by atoms with Crippen LogP contribution in [0.15, 0.2) is 25.3 Å². The highest BCUT2D eigenvalue weighted by Gasteiger charge is 2.27. The van der Waals surface area contributed by atoms with Crippen LogP contribution >= 0.6 is 0 Å². The zero-order chi connectivity index (χ0) is 18.3. The zero-order valence-electron chi connectivity index (χ0n) is 13.8. The summed E-state index contributed by atoms with van der Waals surface area (Å²) >= 11 is 0. The van der Waals surface area contributed by atoms with Crippen LogP contribution in [0.2, 0.25) is 0 Å². The third-order valence-electron chi connectivity index (χ3n) is 2.42. The van der Waals surface area contributed by atoms with Gasteiger partial charge in [-0.2, -0.15) is 8.42 Å². The van der Waals surface area contributed by atoms with Gasteiger partial charge in [0.1, 0.15) is 0 Å². The van der Waals surface area contributed by atoms with E-state index >= 15 is 0 Å². The Labute approximate surface area is 137 Å². The molecule has 0 atom stereocenters. The normalized spacial score (nSPS) is 12.3. The second-order valence-electron chi connectivity index (χ2n) is 6.09. The van der Waals surface area contributed by atoms with Gasteiger partial charge in [-0.15, -0.1) is 0 Å². The van der Waals surface area contributed by atoms with Gasteiger partial charge in [-0.05, 0) is 39.8 Å². The van der Waals surface area contributed by atoms with Gasteiger partial charge in [0.05, 0.1) is 24.3 Å². The van der Waals surface area contributed by atoms with Crippen molar-refractivity contribution in [2.75, 3.05) is 13.2 Å². The quantitative estimate of drug-likeness (QED) is 0.554. The number of nitrogens with one attached hydrogen (secondary N) is 2. The van der Waals surface area contributed by atoms with Gasteiger partial charge in [0.25, 0.3) is 0 Å². The van der Waals surface area contributed by atoms with Gasteiger partial charge in [0.15, 0.2) is 0 Å². The molecule has 2 amide bonds. The molecule has 0 aromatic heterocycles. The van der Waals surface area contributed by atoms with Crippen LogP contribution in [-0.2, 0) is 28.4 Å². The first-order valence-electron chi connectivity index (χ1n) is 6.75. The third kappa shape index (κ3) is 9.82. The number of amides is 2. The van der Waals surface area contributed by atoms with Crippen molar-refractivity contribution in [1.29, 1.82) is 0 Å². The molecule has 132 valence electrons. The summed E-state index contributed by atoms with van der Waals surface area (Å²) in [4.78, 5) is 22.5. The molecular weight excluding hydrogens is 324 g/mol. The summed E-state index contributed by atoms with van der Waals surface area (Å²) in [5.41, 5.74) is -1.87. The Bertz CT molecular complexity index is 522. The third-order valence-corrected chi connectivity index (χ3v) is 3.24. The number of hydrogen-bond donors (Lipinski definition) is 2. The molecule has 0 aromatic carbocycles. The fourth-order valence-corrected chi connectivity index (χ4v) is 2.26. The largest absolute Gasteiger partial charge is 0.400 e. The summed E-state index contributed by atoms with van der Waals surface area (Å²) in [7, 11) is -4.29. The Kier molecular flexibility index (Phi) is 7.62. The van der Waals surface area contributed by atoms with Crippen molar-refractivity contribution in [1.82, 2.24) is 10.6 Å². The number of carbonyl (C=O) groups is 2. The van der Waals surface area contributed by atoms with E-state index in [1.807, 2.05) is 0 Å². The molecule has 0 unspecified atom stereocenters. The molecule has 0 spiro atoms. The molecule has 0 radical (unpaired) electrons. The van der Waals surface area contributed by atoms with Gasteiger partial charge < -0.3 is 10.6 Å². The van der Waals surface area contributed by atoms with Crippen LogP contribution in [0.1, 0.15) is 27.7 Å². The summed E-state index contributed by atoms with van der Waals surface area (Å²) < 4.78 is 32.9. The average Bonchev–Trinajstić information content (AvgIpc) is 2.42. The monoisotopic (exact) mass is 348 g/mol. The SMILES string of the molecule is C=CC(=O)NC(C)(C)COS(=O)(=O)OCC(C)(C)NC(=O)C=C. The molecule has 0 aromatic rings. The molecule has 0 aliphatic heterocycles. The van der Waals surface area contributed by atoms with E-state index in [9.17, 15) is 18.0 Å². The molecule has 9 heteroatoms. The lowest BCUT2D eigenvalue weighted by atomic mass is 10.1. The van der Waals surface area contributed by atoms with Crippen LogP contribution in [0.5, 0.6) is 0 Å². The van der Waals surface area contributed by atoms with E-state index in [1.54, 1.807) is 27.7 Å². The van der Waals surface area contributed by atoms with E-state index in [-0.39, 0.29) is 13.2 Å². The highest BCUT2D eigenvalue weighted by atomic mass is 32.3. The highest BCUT2D eigenvalue weighted by Crippen LogP contribution is 2.10. The minimum atomic E-state index is -4.29. The van der Waals surface area contributed by atoms with Crippen molar-refractivity contribution in [3.63, 3.8) is 0 Å². The maximum Gasteiger partial charge on any atom is 0.400 e. The molecule has 23 heavy (non-hydrogen) atoms. The number of hydrogen-bond acceptors (Lipinski definition) is 6. The maximum atomic E-state index is 11.7. The van der Waals surface area contributed by atoms with E-state index in [0.29, 0.717) is 0 Å². The van der Waals surface area contributed by atoms with Crippen molar-refractivity contribution >= 4 is 22.2 Å². The average molecular weight is 348 g/mol. The van der Waals surface area contributed by atoms with Crippen molar-refractivity contribution in [3.8, 4) is 0 Å². The molecular formula is C14H24N2O6S. The smallest absolute Gasteiger partial charge is 0.345 e. The highest BCUT2D eigenvalue weighted by molar-refractivity contribution is 7.81. The minimum Gasteiger partial charge on any atom is -0.345 e. The van der Waals surface area contributed by atoms with Crippen molar-refractivity contribution in [3.05, 3.63) is 25.3 Å². The summed E-state index contributed by atoms with van der Waals surface area (Å²) in [6.07, 6.45) is 2.13. The Morgan fingerprint density at radius 2 is 1.22 bits per heavy atom. The lowest BCUT2D eigenvalue weighted by molar-refractivity contribution is -0.119. The van der Waals surface area contributed by atoms with Crippen molar-refractivity contribution in [2.45, 2.75) is 38.8 Å².